The van der Waals surface area contributed by atoms with Gasteiger partial charge in [-0.15, -0.1) is 0 Å². The van der Waals surface area contributed by atoms with E-state index >= 15 is 0 Å². The van der Waals surface area contributed by atoms with Crippen molar-refractivity contribution in [3.05, 3.63) is 28.8 Å². The second kappa shape index (κ2) is 7.07. The summed E-state index contributed by atoms with van der Waals surface area (Å²) in [6.45, 7) is 10.4. The van der Waals surface area contributed by atoms with E-state index in [-0.39, 0.29) is 0 Å². The van der Waals surface area contributed by atoms with Gasteiger partial charge in [-0.1, -0.05) is 17.7 Å². The maximum atomic E-state index is 10.1. The van der Waals surface area contributed by atoms with E-state index in [4.69, 9.17) is 9.47 Å². The molecular weight excluding hydrogens is 254 g/mol. The smallest absolute Gasteiger partial charge is 0.125 e. The SMILES string of the molecule is Cc1cc(C)c(OC[C@H](O)CN2CCOCC2)c(C)c1. The standard InChI is InChI=1S/C16H25NO3/c1-12-8-13(2)16(14(3)9-12)20-11-15(18)10-17-4-6-19-7-5-17/h8-9,15,18H,4-7,10-11H2,1-3H3/t15-/m1/s1. The molecule has 4 heteroatoms. The summed E-state index contributed by atoms with van der Waals surface area (Å²) in [4.78, 5) is 2.21. The molecule has 1 atom stereocenters. The molecule has 0 spiro atoms. The van der Waals surface area contributed by atoms with Crippen molar-refractivity contribution in [1.29, 1.82) is 0 Å². The summed E-state index contributed by atoms with van der Waals surface area (Å²) >= 11 is 0. The summed E-state index contributed by atoms with van der Waals surface area (Å²) in [6.07, 6.45) is -0.465. The largest absolute Gasteiger partial charge is 0.490 e. The molecule has 20 heavy (non-hydrogen) atoms. The number of ether oxygens (including phenoxy) is 2. The molecule has 1 N–H and O–H groups in total. The van der Waals surface area contributed by atoms with Crippen molar-refractivity contribution in [2.75, 3.05) is 39.5 Å². The number of rotatable bonds is 5. The van der Waals surface area contributed by atoms with Crippen molar-refractivity contribution in [1.82, 2.24) is 4.90 Å². The first-order chi connectivity index (χ1) is 9.56. The highest BCUT2D eigenvalue weighted by atomic mass is 16.5. The van der Waals surface area contributed by atoms with Gasteiger partial charge in [0.1, 0.15) is 18.5 Å². The van der Waals surface area contributed by atoms with Crippen molar-refractivity contribution in [3.63, 3.8) is 0 Å². The average Bonchev–Trinajstić information content (AvgIpc) is 2.38. The topological polar surface area (TPSA) is 41.9 Å². The van der Waals surface area contributed by atoms with E-state index in [1.807, 2.05) is 13.8 Å². The number of aryl methyl sites for hydroxylation is 3. The number of β-amino-alcohol motifs (C(OH)–C–C–N with tert-alkyl or cyclic N) is 1. The van der Waals surface area contributed by atoms with Crippen LogP contribution in [0.3, 0.4) is 0 Å². The number of benzene rings is 1. The number of hydrogen-bond acceptors (Lipinski definition) is 4. The molecule has 0 bridgehead atoms. The van der Waals surface area contributed by atoms with Crippen LogP contribution in [-0.4, -0.2) is 55.6 Å². The zero-order chi connectivity index (χ0) is 14.5. The molecule has 1 saturated heterocycles. The zero-order valence-corrected chi connectivity index (χ0v) is 12.7. The monoisotopic (exact) mass is 279 g/mol. The molecule has 1 aliphatic rings. The first kappa shape index (κ1) is 15.3. The Kier molecular flexibility index (Phi) is 5.40. The van der Waals surface area contributed by atoms with E-state index in [9.17, 15) is 5.11 Å². The summed E-state index contributed by atoms with van der Waals surface area (Å²) in [6, 6.07) is 4.22. The van der Waals surface area contributed by atoms with Gasteiger partial charge in [0.15, 0.2) is 0 Å². The molecule has 4 nitrogen and oxygen atoms in total. The third-order valence-corrected chi connectivity index (χ3v) is 3.60. The van der Waals surface area contributed by atoms with Gasteiger partial charge in [0.25, 0.3) is 0 Å². The van der Waals surface area contributed by atoms with Crippen LogP contribution >= 0.6 is 0 Å². The lowest BCUT2D eigenvalue weighted by atomic mass is 10.1. The van der Waals surface area contributed by atoms with Gasteiger partial charge in [-0.2, -0.15) is 0 Å². The summed E-state index contributed by atoms with van der Waals surface area (Å²) < 4.78 is 11.1. The third kappa shape index (κ3) is 4.20. The summed E-state index contributed by atoms with van der Waals surface area (Å²) in [7, 11) is 0. The molecule has 1 heterocycles. The molecule has 1 aromatic carbocycles. The number of morpholine rings is 1. The Hall–Kier alpha value is -1.10. The van der Waals surface area contributed by atoms with Crippen LogP contribution in [0.25, 0.3) is 0 Å². The minimum atomic E-state index is -0.465. The van der Waals surface area contributed by atoms with E-state index in [0.717, 1.165) is 43.2 Å². The molecule has 2 rings (SSSR count). The summed E-state index contributed by atoms with van der Waals surface area (Å²) in [5, 5.41) is 10.1. The highest BCUT2D eigenvalue weighted by Gasteiger charge is 2.16. The fraction of sp³-hybridized carbons (Fsp3) is 0.625. The molecule has 0 aliphatic carbocycles. The summed E-state index contributed by atoms with van der Waals surface area (Å²) in [5.41, 5.74) is 3.49. The van der Waals surface area contributed by atoms with Crippen LogP contribution in [0.5, 0.6) is 5.75 Å². The second-order valence-corrected chi connectivity index (χ2v) is 5.61. The Balaban J connectivity index is 1.85. The second-order valence-electron chi connectivity index (χ2n) is 5.61. The van der Waals surface area contributed by atoms with Crippen molar-refractivity contribution < 1.29 is 14.6 Å². The molecule has 1 fully saturated rings. The van der Waals surface area contributed by atoms with Gasteiger partial charge in [-0.05, 0) is 31.9 Å². The molecule has 1 aliphatic heterocycles. The molecule has 1 aromatic rings. The van der Waals surface area contributed by atoms with Gasteiger partial charge in [0.05, 0.1) is 13.2 Å². The number of aliphatic hydroxyl groups excluding tert-OH is 1. The van der Waals surface area contributed by atoms with Gasteiger partial charge in [-0.25, -0.2) is 0 Å². The molecule has 0 unspecified atom stereocenters. The van der Waals surface area contributed by atoms with Crippen LogP contribution in [0.1, 0.15) is 16.7 Å². The van der Waals surface area contributed by atoms with Crippen LogP contribution in [0.15, 0.2) is 12.1 Å². The fourth-order valence-electron chi connectivity index (χ4n) is 2.71. The predicted octanol–water partition coefficient (Wildman–Crippen LogP) is 1.68. The first-order valence-corrected chi connectivity index (χ1v) is 7.25. The van der Waals surface area contributed by atoms with Crippen molar-refractivity contribution >= 4 is 0 Å². The Labute approximate surface area is 121 Å². The van der Waals surface area contributed by atoms with E-state index in [0.29, 0.717) is 13.2 Å². The Morgan fingerprint density at radius 2 is 1.80 bits per heavy atom. The average molecular weight is 279 g/mol. The highest BCUT2D eigenvalue weighted by molar-refractivity contribution is 5.42. The number of aliphatic hydroxyl groups is 1. The van der Waals surface area contributed by atoms with Crippen molar-refractivity contribution in [2.45, 2.75) is 26.9 Å². The van der Waals surface area contributed by atoms with E-state index < -0.39 is 6.10 Å². The third-order valence-electron chi connectivity index (χ3n) is 3.60. The Morgan fingerprint density at radius 3 is 2.40 bits per heavy atom. The Morgan fingerprint density at radius 1 is 1.20 bits per heavy atom. The maximum absolute atomic E-state index is 10.1. The lowest BCUT2D eigenvalue weighted by Gasteiger charge is -2.28. The molecular formula is C16H25NO3. The van der Waals surface area contributed by atoms with Crippen LogP contribution < -0.4 is 4.74 Å². The molecule has 0 aromatic heterocycles. The summed E-state index contributed by atoms with van der Waals surface area (Å²) in [5.74, 6) is 0.900. The van der Waals surface area contributed by atoms with Gasteiger partial charge >= 0.3 is 0 Å². The fourth-order valence-corrected chi connectivity index (χ4v) is 2.71. The van der Waals surface area contributed by atoms with Crippen molar-refractivity contribution in [2.24, 2.45) is 0 Å². The van der Waals surface area contributed by atoms with Crippen LogP contribution in [0, 0.1) is 20.8 Å². The minimum absolute atomic E-state index is 0.335. The molecule has 112 valence electrons. The lowest BCUT2D eigenvalue weighted by molar-refractivity contribution is 0.00454. The lowest BCUT2D eigenvalue weighted by Crippen LogP contribution is -2.42. The van der Waals surface area contributed by atoms with Crippen molar-refractivity contribution in [3.8, 4) is 5.75 Å². The number of hydrogen-bond donors (Lipinski definition) is 1. The zero-order valence-electron chi connectivity index (χ0n) is 12.7. The highest BCUT2D eigenvalue weighted by Crippen LogP contribution is 2.24. The van der Waals surface area contributed by atoms with Crippen LogP contribution in [0.4, 0.5) is 0 Å². The maximum Gasteiger partial charge on any atom is 0.125 e. The molecule has 0 saturated carbocycles. The van der Waals surface area contributed by atoms with Gasteiger partial charge in [0, 0.05) is 19.6 Å². The van der Waals surface area contributed by atoms with Gasteiger partial charge in [-0.3, -0.25) is 4.90 Å². The van der Waals surface area contributed by atoms with Gasteiger partial charge < -0.3 is 14.6 Å². The van der Waals surface area contributed by atoms with E-state index in [1.54, 1.807) is 0 Å². The predicted molar refractivity (Wildman–Crippen MR) is 79.4 cm³/mol. The quantitative estimate of drug-likeness (QED) is 0.890. The van der Waals surface area contributed by atoms with Crippen LogP contribution in [-0.2, 0) is 4.74 Å². The van der Waals surface area contributed by atoms with E-state index in [2.05, 4.69) is 24.0 Å². The van der Waals surface area contributed by atoms with Gasteiger partial charge in [0.2, 0.25) is 0 Å². The molecule has 0 amide bonds. The normalized spacial score (nSPS) is 18.0. The molecule has 0 radical (unpaired) electrons. The first-order valence-electron chi connectivity index (χ1n) is 7.25. The minimum Gasteiger partial charge on any atom is -0.490 e. The van der Waals surface area contributed by atoms with E-state index in [1.165, 1.54) is 5.56 Å². The Bertz CT molecular complexity index is 418. The van der Waals surface area contributed by atoms with Crippen LogP contribution in [0.2, 0.25) is 0 Å². The number of nitrogens with zero attached hydrogens (tertiary/aromatic N) is 1.